The Labute approximate surface area is 212 Å². The van der Waals surface area contributed by atoms with Gasteiger partial charge in [0, 0.05) is 30.3 Å². The number of hydrogen-bond donors (Lipinski definition) is 3. The van der Waals surface area contributed by atoms with E-state index in [0.717, 1.165) is 12.1 Å². The quantitative estimate of drug-likeness (QED) is 0.351. The Hall–Kier alpha value is -3.91. The molecule has 6 rings (SSSR count). The van der Waals surface area contributed by atoms with E-state index in [1.54, 1.807) is 0 Å². The summed E-state index contributed by atoms with van der Waals surface area (Å²) in [6.07, 6.45) is -3.52. The average Bonchev–Trinajstić information content (AvgIpc) is 3.65. The average molecular weight is 548 g/mol. The lowest BCUT2D eigenvalue weighted by molar-refractivity contribution is -0.137. The van der Waals surface area contributed by atoms with Crippen LogP contribution >= 0.6 is 0 Å². The van der Waals surface area contributed by atoms with E-state index in [1.807, 2.05) is 0 Å². The number of nitrogens with zero attached hydrogens (tertiary/aromatic N) is 2. The molecular formula is C24H20F3N5O5S. The molecule has 198 valence electrons. The van der Waals surface area contributed by atoms with Gasteiger partial charge in [-0.3, -0.25) is 14.9 Å². The Kier molecular flexibility index (Phi) is 5.50. The van der Waals surface area contributed by atoms with Gasteiger partial charge in [-0.1, -0.05) is 12.1 Å². The maximum absolute atomic E-state index is 13.3. The molecule has 2 aromatic carbocycles. The fraction of sp³-hybridized carbons (Fsp3) is 0.292. The molecule has 1 amide bonds. The molecule has 1 aliphatic heterocycles. The molecule has 3 heterocycles. The van der Waals surface area contributed by atoms with Crippen molar-refractivity contribution >= 4 is 27.0 Å². The number of halogens is 3. The van der Waals surface area contributed by atoms with E-state index >= 15 is 0 Å². The predicted octanol–water partition coefficient (Wildman–Crippen LogP) is 3.11. The number of amides is 1. The zero-order valence-electron chi connectivity index (χ0n) is 19.4. The van der Waals surface area contributed by atoms with Gasteiger partial charge in [-0.2, -0.15) is 22.6 Å². The van der Waals surface area contributed by atoms with Crippen molar-refractivity contribution in [2.45, 2.75) is 36.0 Å². The molecular weight excluding hydrogens is 527 g/mol. The van der Waals surface area contributed by atoms with Gasteiger partial charge in [0.2, 0.25) is 10.0 Å². The zero-order valence-corrected chi connectivity index (χ0v) is 20.3. The molecule has 2 aromatic heterocycles. The molecule has 1 aliphatic carbocycles. The van der Waals surface area contributed by atoms with Crippen LogP contribution in [0.1, 0.15) is 28.9 Å². The first kappa shape index (κ1) is 24.4. The molecule has 4 aromatic rings. The van der Waals surface area contributed by atoms with Crippen molar-refractivity contribution in [1.82, 2.24) is 24.8 Å². The van der Waals surface area contributed by atoms with Gasteiger partial charge in [-0.25, -0.2) is 13.2 Å². The molecule has 0 radical (unpaired) electrons. The molecule has 3 atom stereocenters. The molecule has 14 heteroatoms. The highest BCUT2D eigenvalue weighted by atomic mass is 32.2. The van der Waals surface area contributed by atoms with E-state index in [4.69, 9.17) is 4.42 Å². The van der Waals surface area contributed by atoms with Crippen LogP contribution in [0.25, 0.3) is 22.4 Å². The highest BCUT2D eigenvalue weighted by molar-refractivity contribution is 7.89. The lowest BCUT2D eigenvalue weighted by atomic mass is 10.0. The topological polar surface area (TPSA) is 141 Å². The Morgan fingerprint density at radius 3 is 2.68 bits per heavy atom. The molecule has 38 heavy (non-hydrogen) atoms. The van der Waals surface area contributed by atoms with Crippen LogP contribution in [0.15, 0.2) is 62.6 Å². The SMILES string of the molecule is O=C(N[C@@H]1C[C@@H]2C[C@@H]1CN2S(=O)(=O)c1ccc2[nH]c(=O)oc2c1)c1cc(-c2cccc(C(F)(F)F)c2)n[nH]1. The van der Waals surface area contributed by atoms with Crippen LogP contribution in [-0.2, 0) is 16.2 Å². The van der Waals surface area contributed by atoms with Crippen LogP contribution in [0.5, 0.6) is 0 Å². The summed E-state index contributed by atoms with van der Waals surface area (Å²) in [5.41, 5.74) is 0.230. The third-order valence-corrected chi connectivity index (χ3v) is 9.03. The van der Waals surface area contributed by atoms with Gasteiger partial charge in [0.15, 0.2) is 5.58 Å². The lowest BCUT2D eigenvalue weighted by Gasteiger charge is -2.31. The molecule has 10 nitrogen and oxygen atoms in total. The van der Waals surface area contributed by atoms with Gasteiger partial charge in [-0.15, -0.1) is 0 Å². The number of rotatable bonds is 5. The minimum Gasteiger partial charge on any atom is -0.408 e. The van der Waals surface area contributed by atoms with Crippen molar-refractivity contribution < 1.29 is 30.8 Å². The Morgan fingerprint density at radius 1 is 1.13 bits per heavy atom. The molecule has 2 bridgehead atoms. The molecule has 0 unspecified atom stereocenters. The Bertz CT molecular complexity index is 1720. The third-order valence-electron chi connectivity index (χ3n) is 7.12. The fourth-order valence-corrected chi connectivity index (χ4v) is 7.01. The number of carbonyl (C=O) groups excluding carboxylic acids is 1. The molecule has 1 saturated heterocycles. The van der Waals surface area contributed by atoms with Crippen molar-refractivity contribution in [3.63, 3.8) is 0 Å². The summed E-state index contributed by atoms with van der Waals surface area (Å²) < 4.78 is 72.0. The predicted molar refractivity (Wildman–Crippen MR) is 128 cm³/mol. The summed E-state index contributed by atoms with van der Waals surface area (Å²) >= 11 is 0. The van der Waals surface area contributed by atoms with E-state index < -0.39 is 33.4 Å². The van der Waals surface area contributed by atoms with Crippen LogP contribution < -0.4 is 11.1 Å². The minimum absolute atomic E-state index is 0.0143. The van der Waals surface area contributed by atoms with Crippen LogP contribution in [0.2, 0.25) is 0 Å². The monoisotopic (exact) mass is 547 g/mol. The third kappa shape index (κ3) is 4.19. The normalized spacial score (nSPS) is 21.8. The van der Waals surface area contributed by atoms with Gasteiger partial charge in [-0.05, 0) is 49.1 Å². The highest BCUT2D eigenvalue weighted by Gasteiger charge is 2.50. The first-order chi connectivity index (χ1) is 18.0. The number of sulfonamides is 1. The van der Waals surface area contributed by atoms with Gasteiger partial charge in [0.25, 0.3) is 5.91 Å². The largest absolute Gasteiger partial charge is 0.417 e. The number of aromatic amines is 2. The summed E-state index contributed by atoms with van der Waals surface area (Å²) in [5, 5.41) is 9.45. The standard InChI is InChI=1S/C24H20F3N5O5S/c25-24(26,27)14-3-1-2-12(6-14)19-10-20(31-30-19)22(33)28-18-8-15-7-13(18)11-32(15)38(35,36)16-4-5-17-21(9-16)37-23(34)29-17/h1-6,9-10,13,15,18H,7-8,11H2,(H,28,33)(H,29,34)(H,30,31)/t13-,15+,18-/m1/s1. The number of piperidine rings is 1. The summed E-state index contributed by atoms with van der Waals surface area (Å²) in [5.74, 6) is -1.26. The van der Waals surface area contributed by atoms with Crippen molar-refractivity contribution in [2.24, 2.45) is 5.92 Å². The molecule has 0 spiro atoms. The number of H-pyrrole nitrogens is 2. The molecule has 2 fully saturated rings. The van der Waals surface area contributed by atoms with Gasteiger partial charge >= 0.3 is 11.9 Å². The smallest absolute Gasteiger partial charge is 0.408 e. The number of hydrogen-bond acceptors (Lipinski definition) is 6. The maximum Gasteiger partial charge on any atom is 0.417 e. The van der Waals surface area contributed by atoms with E-state index in [0.29, 0.717) is 18.4 Å². The molecule has 1 saturated carbocycles. The first-order valence-electron chi connectivity index (χ1n) is 11.7. The summed E-state index contributed by atoms with van der Waals surface area (Å²) in [6.45, 7) is 0.214. The van der Waals surface area contributed by atoms with Crippen LogP contribution in [0, 0.1) is 5.92 Å². The van der Waals surface area contributed by atoms with Crippen molar-refractivity contribution in [2.75, 3.05) is 6.54 Å². The van der Waals surface area contributed by atoms with Crippen LogP contribution in [0.3, 0.4) is 0 Å². The van der Waals surface area contributed by atoms with Gasteiger partial charge in [0.1, 0.15) is 5.69 Å². The number of fused-ring (bicyclic) bond motifs is 3. The second kappa shape index (κ2) is 8.56. The summed E-state index contributed by atoms with van der Waals surface area (Å²) in [7, 11) is -3.85. The second-order valence-corrected chi connectivity index (χ2v) is 11.3. The number of carbonyl (C=O) groups is 1. The molecule has 3 N–H and O–H groups in total. The highest BCUT2D eigenvalue weighted by Crippen LogP contribution is 2.41. The Balaban J connectivity index is 1.13. The van der Waals surface area contributed by atoms with Crippen molar-refractivity contribution in [3.8, 4) is 11.3 Å². The van der Waals surface area contributed by atoms with E-state index in [1.165, 1.54) is 40.7 Å². The summed E-state index contributed by atoms with van der Waals surface area (Å²) in [6, 6.07) is 9.65. The second-order valence-electron chi connectivity index (χ2n) is 9.46. The van der Waals surface area contributed by atoms with E-state index in [9.17, 15) is 31.2 Å². The number of benzene rings is 2. The Morgan fingerprint density at radius 2 is 1.95 bits per heavy atom. The first-order valence-corrected chi connectivity index (χ1v) is 13.1. The fourth-order valence-electron chi connectivity index (χ4n) is 5.29. The summed E-state index contributed by atoms with van der Waals surface area (Å²) in [4.78, 5) is 26.7. The van der Waals surface area contributed by atoms with Crippen LogP contribution in [0.4, 0.5) is 13.2 Å². The van der Waals surface area contributed by atoms with E-state index in [-0.39, 0.29) is 52.0 Å². The maximum atomic E-state index is 13.3. The van der Waals surface area contributed by atoms with Crippen LogP contribution in [-0.4, -0.2) is 52.4 Å². The van der Waals surface area contributed by atoms with Crippen molar-refractivity contribution in [3.05, 3.63) is 70.3 Å². The van der Waals surface area contributed by atoms with Gasteiger partial charge < -0.3 is 9.73 Å². The zero-order chi connectivity index (χ0) is 26.8. The molecule has 2 aliphatic rings. The van der Waals surface area contributed by atoms with E-state index in [2.05, 4.69) is 20.5 Å². The number of alkyl halides is 3. The lowest BCUT2D eigenvalue weighted by Crippen LogP contribution is -2.47. The number of aromatic nitrogens is 3. The minimum atomic E-state index is -4.50. The number of oxazole rings is 1. The van der Waals surface area contributed by atoms with Crippen molar-refractivity contribution in [1.29, 1.82) is 0 Å². The number of nitrogens with one attached hydrogen (secondary N) is 3. The van der Waals surface area contributed by atoms with Gasteiger partial charge in [0.05, 0.1) is 21.7 Å².